The van der Waals surface area contributed by atoms with Crippen LogP contribution in [0.15, 0.2) is 91.3 Å². The molecule has 2 N–H and O–H groups in total. The van der Waals surface area contributed by atoms with E-state index in [0.717, 1.165) is 23.3 Å². The second kappa shape index (κ2) is 10.8. The number of halogens is 1. The van der Waals surface area contributed by atoms with E-state index in [9.17, 15) is 19.3 Å². The summed E-state index contributed by atoms with van der Waals surface area (Å²) in [5.41, 5.74) is 6.55. The highest BCUT2D eigenvalue weighted by Gasteiger charge is 2.28. The van der Waals surface area contributed by atoms with Crippen LogP contribution in [0.3, 0.4) is 0 Å². The monoisotopic (exact) mass is 472 g/mol. The molecule has 0 saturated carbocycles. The van der Waals surface area contributed by atoms with Gasteiger partial charge in [-0.1, -0.05) is 60.7 Å². The fraction of sp³-hybridized carbons (Fsp3) is 0.0800. The summed E-state index contributed by atoms with van der Waals surface area (Å²) in [4.78, 5) is 33.9. The van der Waals surface area contributed by atoms with Gasteiger partial charge in [0.1, 0.15) is 12.1 Å². The van der Waals surface area contributed by atoms with Gasteiger partial charge >= 0.3 is 5.69 Å². The van der Waals surface area contributed by atoms with Crippen molar-refractivity contribution < 1.29 is 14.1 Å². The predicted molar refractivity (Wildman–Crippen MR) is 129 cm³/mol. The van der Waals surface area contributed by atoms with Crippen LogP contribution in [0.25, 0.3) is 0 Å². The second-order valence-corrected chi connectivity index (χ2v) is 7.56. The van der Waals surface area contributed by atoms with Crippen molar-refractivity contribution in [2.45, 2.75) is 13.1 Å². The lowest BCUT2D eigenvalue weighted by molar-refractivity contribution is -0.383. The lowest BCUT2D eigenvalue weighted by atomic mass is 10.1. The Labute approximate surface area is 200 Å². The maximum absolute atomic E-state index is 13.1. The molecule has 1 heterocycles. The SMILES string of the molecule is O=C(NNc1ncnc(N(Cc2ccccc2)Cc2ccccc2)c1[N+](=O)[O-])c1ccc(F)cc1. The third-order valence-corrected chi connectivity index (χ3v) is 5.12. The highest BCUT2D eigenvalue weighted by Crippen LogP contribution is 2.33. The molecular formula is C25H21FN6O3. The Kier molecular flexibility index (Phi) is 7.22. The van der Waals surface area contributed by atoms with Crippen LogP contribution < -0.4 is 15.8 Å². The molecule has 10 heteroatoms. The van der Waals surface area contributed by atoms with E-state index in [1.165, 1.54) is 18.5 Å². The van der Waals surface area contributed by atoms with Gasteiger partial charge in [0.2, 0.25) is 11.6 Å². The molecule has 0 aliphatic rings. The van der Waals surface area contributed by atoms with Gasteiger partial charge in [-0.3, -0.25) is 25.8 Å². The number of hydrogen-bond donors (Lipinski definition) is 2. The first-order valence-corrected chi connectivity index (χ1v) is 10.7. The Bertz CT molecular complexity index is 1260. The molecule has 35 heavy (non-hydrogen) atoms. The maximum atomic E-state index is 13.1. The van der Waals surface area contributed by atoms with Crippen LogP contribution in [0, 0.1) is 15.9 Å². The molecule has 176 valence electrons. The quantitative estimate of drug-likeness (QED) is 0.273. The molecule has 1 amide bonds. The third kappa shape index (κ3) is 5.93. The first kappa shape index (κ1) is 23.3. The zero-order valence-corrected chi connectivity index (χ0v) is 18.5. The van der Waals surface area contributed by atoms with E-state index in [0.29, 0.717) is 13.1 Å². The molecule has 4 aromatic rings. The Balaban J connectivity index is 1.65. The van der Waals surface area contributed by atoms with Gasteiger partial charge in [0.05, 0.1) is 4.92 Å². The lowest BCUT2D eigenvalue weighted by Crippen LogP contribution is -2.31. The van der Waals surface area contributed by atoms with Gasteiger partial charge in [0, 0.05) is 18.7 Å². The zero-order valence-electron chi connectivity index (χ0n) is 18.5. The highest BCUT2D eigenvalue weighted by atomic mass is 19.1. The van der Waals surface area contributed by atoms with Crippen LogP contribution in [-0.4, -0.2) is 20.8 Å². The Morgan fingerprint density at radius 3 is 2.00 bits per heavy atom. The van der Waals surface area contributed by atoms with Gasteiger partial charge in [-0.15, -0.1) is 0 Å². The summed E-state index contributed by atoms with van der Waals surface area (Å²) in [5, 5.41) is 12.1. The number of carbonyl (C=O) groups is 1. The Hall–Kier alpha value is -4.86. The molecule has 0 unspecified atom stereocenters. The largest absolute Gasteiger partial charge is 0.355 e. The number of nitrogens with one attached hydrogen (secondary N) is 2. The first-order valence-electron chi connectivity index (χ1n) is 10.7. The second-order valence-electron chi connectivity index (χ2n) is 7.56. The number of nitro groups is 1. The van der Waals surface area contributed by atoms with Crippen molar-refractivity contribution in [3.05, 3.63) is 124 Å². The smallest absolute Gasteiger partial charge is 0.342 e. The minimum Gasteiger partial charge on any atom is -0.342 e. The van der Waals surface area contributed by atoms with Crippen LogP contribution in [0.1, 0.15) is 21.5 Å². The van der Waals surface area contributed by atoms with Crippen molar-refractivity contribution in [2.75, 3.05) is 10.3 Å². The molecule has 9 nitrogen and oxygen atoms in total. The number of anilines is 2. The zero-order chi connectivity index (χ0) is 24.6. The predicted octanol–water partition coefficient (Wildman–Crippen LogP) is 4.49. The molecule has 0 fully saturated rings. The summed E-state index contributed by atoms with van der Waals surface area (Å²) < 4.78 is 13.1. The van der Waals surface area contributed by atoms with Crippen LogP contribution >= 0.6 is 0 Å². The van der Waals surface area contributed by atoms with Crippen molar-refractivity contribution in [1.82, 2.24) is 15.4 Å². The third-order valence-electron chi connectivity index (χ3n) is 5.12. The number of benzene rings is 3. The number of nitrogens with zero attached hydrogens (tertiary/aromatic N) is 4. The molecule has 0 radical (unpaired) electrons. The molecule has 4 rings (SSSR count). The van der Waals surface area contributed by atoms with Gasteiger partial charge in [-0.2, -0.15) is 0 Å². The van der Waals surface area contributed by atoms with Gasteiger partial charge in [0.15, 0.2) is 0 Å². The van der Waals surface area contributed by atoms with E-state index in [1.54, 1.807) is 4.90 Å². The van der Waals surface area contributed by atoms with E-state index in [1.807, 2.05) is 60.7 Å². The molecule has 1 aromatic heterocycles. The molecule has 3 aromatic carbocycles. The van der Waals surface area contributed by atoms with Gasteiger partial charge in [0.25, 0.3) is 5.91 Å². The van der Waals surface area contributed by atoms with Crippen molar-refractivity contribution in [3.8, 4) is 0 Å². The number of carbonyl (C=O) groups excluding carboxylic acids is 1. The summed E-state index contributed by atoms with van der Waals surface area (Å²) in [5.74, 6) is -1.18. The average molecular weight is 472 g/mol. The fourth-order valence-electron chi connectivity index (χ4n) is 3.46. The fourth-order valence-corrected chi connectivity index (χ4v) is 3.46. The molecule has 0 atom stereocenters. The van der Waals surface area contributed by atoms with E-state index >= 15 is 0 Å². The summed E-state index contributed by atoms with van der Waals surface area (Å²) in [6.07, 6.45) is 1.19. The topological polar surface area (TPSA) is 113 Å². The molecule has 0 saturated heterocycles. The van der Waals surface area contributed by atoms with Crippen LogP contribution in [-0.2, 0) is 13.1 Å². The standard InChI is InChI=1S/C25H21FN6O3/c26-21-13-11-20(12-14-21)25(33)30-29-23-22(32(34)35)24(28-17-27-23)31(15-18-7-3-1-4-8-18)16-19-9-5-2-6-10-19/h1-14,17H,15-16H2,(H,30,33)(H,27,28,29). The Morgan fingerprint density at radius 1 is 0.886 bits per heavy atom. The van der Waals surface area contributed by atoms with Gasteiger partial charge in [-0.05, 0) is 35.4 Å². The van der Waals surface area contributed by atoms with Crippen LogP contribution in [0.4, 0.5) is 21.7 Å². The van der Waals surface area contributed by atoms with Crippen molar-refractivity contribution in [2.24, 2.45) is 0 Å². The summed E-state index contributed by atoms with van der Waals surface area (Å²) in [6, 6.07) is 23.9. The first-order chi connectivity index (χ1) is 17.0. The van der Waals surface area contributed by atoms with Crippen molar-refractivity contribution in [3.63, 3.8) is 0 Å². The molecule has 0 bridgehead atoms. The number of amides is 1. The molecule has 0 aliphatic carbocycles. The van der Waals surface area contributed by atoms with E-state index < -0.39 is 22.3 Å². The maximum Gasteiger partial charge on any atom is 0.355 e. The highest BCUT2D eigenvalue weighted by molar-refractivity contribution is 5.95. The molecule has 0 aliphatic heterocycles. The average Bonchev–Trinajstić information content (AvgIpc) is 2.88. The van der Waals surface area contributed by atoms with Gasteiger partial charge in [-0.25, -0.2) is 14.4 Å². The molecule has 0 spiro atoms. The van der Waals surface area contributed by atoms with Crippen molar-refractivity contribution >= 4 is 23.2 Å². The van der Waals surface area contributed by atoms with Crippen molar-refractivity contribution in [1.29, 1.82) is 0 Å². The number of hydrazine groups is 1. The minimum absolute atomic E-state index is 0.0937. The van der Waals surface area contributed by atoms with E-state index in [4.69, 9.17) is 0 Å². The summed E-state index contributed by atoms with van der Waals surface area (Å²) in [6.45, 7) is 0.712. The number of aromatic nitrogens is 2. The number of rotatable bonds is 9. The summed E-state index contributed by atoms with van der Waals surface area (Å²) in [7, 11) is 0. The van der Waals surface area contributed by atoms with E-state index in [-0.39, 0.29) is 17.2 Å². The summed E-state index contributed by atoms with van der Waals surface area (Å²) >= 11 is 0. The van der Waals surface area contributed by atoms with Crippen LogP contribution in [0.2, 0.25) is 0 Å². The number of hydrogen-bond acceptors (Lipinski definition) is 7. The van der Waals surface area contributed by atoms with Gasteiger partial charge < -0.3 is 4.90 Å². The Morgan fingerprint density at radius 2 is 1.46 bits per heavy atom. The minimum atomic E-state index is -0.607. The van der Waals surface area contributed by atoms with Crippen LogP contribution in [0.5, 0.6) is 0 Å². The van der Waals surface area contributed by atoms with E-state index in [2.05, 4.69) is 20.8 Å². The normalized spacial score (nSPS) is 10.4. The lowest BCUT2D eigenvalue weighted by Gasteiger charge is -2.24. The molecular weight excluding hydrogens is 451 g/mol.